The summed E-state index contributed by atoms with van der Waals surface area (Å²) in [6, 6.07) is 6.04. The van der Waals surface area contributed by atoms with Crippen molar-refractivity contribution in [2.24, 2.45) is 0 Å². The van der Waals surface area contributed by atoms with Crippen LogP contribution in [0.1, 0.15) is 24.4 Å². The van der Waals surface area contributed by atoms with Crippen LogP contribution in [-0.2, 0) is 4.74 Å². The monoisotopic (exact) mass is 287 g/mol. The van der Waals surface area contributed by atoms with Gasteiger partial charge in [-0.2, -0.15) is 8.78 Å². The first-order valence-electron chi connectivity index (χ1n) is 6.69. The van der Waals surface area contributed by atoms with Crippen LogP contribution in [0.2, 0.25) is 0 Å². The van der Waals surface area contributed by atoms with E-state index < -0.39 is 6.61 Å². The highest BCUT2D eigenvalue weighted by molar-refractivity contribution is 5.29. The van der Waals surface area contributed by atoms with Gasteiger partial charge in [-0.15, -0.1) is 0 Å². The van der Waals surface area contributed by atoms with Gasteiger partial charge in [-0.3, -0.25) is 0 Å². The molecule has 1 aromatic carbocycles. The molecule has 2 atom stereocenters. The van der Waals surface area contributed by atoms with E-state index in [0.717, 1.165) is 25.0 Å². The number of hydrogen-bond donors (Lipinski definition) is 2. The maximum absolute atomic E-state index is 12.1. The minimum absolute atomic E-state index is 0.0677. The highest BCUT2D eigenvalue weighted by atomic mass is 19.3. The molecule has 0 amide bonds. The van der Waals surface area contributed by atoms with E-state index >= 15 is 0 Å². The average molecular weight is 287 g/mol. The molecular weight excluding hydrogens is 268 g/mol. The number of nitrogens with one attached hydrogen (secondary N) is 1. The lowest BCUT2D eigenvalue weighted by Crippen LogP contribution is -2.31. The van der Waals surface area contributed by atoms with Crippen molar-refractivity contribution >= 4 is 0 Å². The van der Waals surface area contributed by atoms with Crippen molar-refractivity contribution in [1.82, 2.24) is 5.32 Å². The lowest BCUT2D eigenvalue weighted by molar-refractivity contribution is -0.0498. The molecule has 0 aromatic heterocycles. The third kappa shape index (κ3) is 4.40. The smallest absolute Gasteiger partial charge is 0.387 e. The normalized spacial score (nSPS) is 20.3. The van der Waals surface area contributed by atoms with Crippen LogP contribution in [0, 0.1) is 0 Å². The number of aliphatic hydroxyl groups is 1. The Bertz CT molecular complexity index is 394. The van der Waals surface area contributed by atoms with E-state index in [4.69, 9.17) is 4.74 Å². The second-order valence-corrected chi connectivity index (χ2v) is 4.73. The molecule has 20 heavy (non-hydrogen) atoms. The summed E-state index contributed by atoms with van der Waals surface area (Å²) in [4.78, 5) is 0. The lowest BCUT2D eigenvalue weighted by Gasteiger charge is -2.19. The first kappa shape index (κ1) is 15.2. The summed E-state index contributed by atoms with van der Waals surface area (Å²) >= 11 is 0. The fraction of sp³-hybridized carbons (Fsp3) is 0.571. The van der Waals surface area contributed by atoms with Crippen LogP contribution in [0.15, 0.2) is 24.3 Å². The first-order chi connectivity index (χ1) is 9.69. The average Bonchev–Trinajstić information content (AvgIpc) is 2.94. The quantitative estimate of drug-likeness (QED) is 0.806. The maximum Gasteiger partial charge on any atom is 0.387 e. The molecule has 4 nitrogen and oxygen atoms in total. The molecule has 1 saturated heterocycles. The van der Waals surface area contributed by atoms with E-state index in [1.54, 1.807) is 12.1 Å². The Labute approximate surface area is 116 Å². The lowest BCUT2D eigenvalue weighted by atomic mass is 10.1. The number of hydrogen-bond acceptors (Lipinski definition) is 4. The minimum Gasteiger partial charge on any atom is -0.435 e. The van der Waals surface area contributed by atoms with Gasteiger partial charge in [-0.25, -0.2) is 0 Å². The van der Waals surface area contributed by atoms with E-state index in [-0.39, 0.29) is 24.5 Å². The number of ether oxygens (including phenoxy) is 2. The van der Waals surface area contributed by atoms with Crippen LogP contribution in [0.5, 0.6) is 5.75 Å². The third-order valence-corrected chi connectivity index (χ3v) is 3.31. The summed E-state index contributed by atoms with van der Waals surface area (Å²) < 4.78 is 33.9. The molecule has 2 rings (SSSR count). The molecule has 1 aromatic rings. The molecular formula is C14H19F2NO3. The van der Waals surface area contributed by atoms with Crippen molar-refractivity contribution in [2.45, 2.75) is 31.6 Å². The van der Waals surface area contributed by atoms with E-state index in [0.29, 0.717) is 6.54 Å². The highest BCUT2D eigenvalue weighted by Gasteiger charge is 2.18. The zero-order chi connectivity index (χ0) is 14.4. The molecule has 0 aliphatic carbocycles. The molecule has 1 aliphatic rings. The van der Waals surface area contributed by atoms with E-state index in [9.17, 15) is 13.9 Å². The molecule has 0 saturated carbocycles. The predicted molar refractivity (Wildman–Crippen MR) is 69.9 cm³/mol. The van der Waals surface area contributed by atoms with Crippen molar-refractivity contribution < 1.29 is 23.4 Å². The molecule has 2 unspecified atom stereocenters. The SMILES string of the molecule is OCC(NCC1CCCO1)c1ccc(OC(F)F)cc1. The summed E-state index contributed by atoms with van der Waals surface area (Å²) in [5.74, 6) is 0.111. The standard InChI is InChI=1S/C14H19F2NO3/c15-14(16)20-11-5-3-10(4-6-11)13(9-18)17-8-12-2-1-7-19-12/h3-6,12-14,17-18H,1-2,7-9H2. The van der Waals surface area contributed by atoms with Crippen LogP contribution in [0.25, 0.3) is 0 Å². The Morgan fingerprint density at radius 1 is 1.35 bits per heavy atom. The predicted octanol–water partition coefficient (Wildman–Crippen LogP) is 2.09. The van der Waals surface area contributed by atoms with Gasteiger partial charge in [0.2, 0.25) is 0 Å². The number of benzene rings is 1. The Kier molecular flexibility index (Phi) is 5.70. The first-order valence-corrected chi connectivity index (χ1v) is 6.69. The van der Waals surface area contributed by atoms with Gasteiger partial charge >= 0.3 is 6.61 Å². The van der Waals surface area contributed by atoms with E-state index in [1.807, 2.05) is 0 Å². The minimum atomic E-state index is -2.83. The van der Waals surface area contributed by atoms with Crippen molar-refractivity contribution in [3.63, 3.8) is 0 Å². The van der Waals surface area contributed by atoms with Gasteiger partial charge in [-0.1, -0.05) is 12.1 Å². The summed E-state index contributed by atoms with van der Waals surface area (Å²) in [6.45, 7) is -1.44. The zero-order valence-electron chi connectivity index (χ0n) is 11.1. The third-order valence-electron chi connectivity index (χ3n) is 3.31. The van der Waals surface area contributed by atoms with Crippen LogP contribution < -0.4 is 10.1 Å². The highest BCUT2D eigenvalue weighted by Crippen LogP contribution is 2.20. The second-order valence-electron chi connectivity index (χ2n) is 4.73. The molecule has 0 spiro atoms. The molecule has 1 aliphatic heterocycles. The fourth-order valence-electron chi connectivity index (χ4n) is 2.25. The second kappa shape index (κ2) is 7.52. The summed E-state index contributed by atoms with van der Waals surface area (Å²) in [6.07, 6.45) is 2.27. The van der Waals surface area contributed by atoms with E-state index in [2.05, 4.69) is 10.1 Å². The Balaban J connectivity index is 1.89. The van der Waals surface area contributed by atoms with Crippen molar-refractivity contribution in [3.8, 4) is 5.75 Å². The number of halogens is 2. The van der Waals surface area contributed by atoms with Gasteiger partial charge in [0, 0.05) is 13.2 Å². The van der Waals surface area contributed by atoms with Gasteiger partial charge in [0.25, 0.3) is 0 Å². The maximum atomic E-state index is 12.1. The molecule has 0 radical (unpaired) electrons. The Hall–Kier alpha value is -1.24. The van der Waals surface area contributed by atoms with Crippen molar-refractivity contribution in [1.29, 1.82) is 0 Å². The molecule has 112 valence electrons. The number of alkyl halides is 2. The van der Waals surface area contributed by atoms with Gasteiger partial charge in [-0.05, 0) is 30.5 Å². The summed E-state index contributed by atoms with van der Waals surface area (Å²) in [5, 5.41) is 12.6. The van der Waals surface area contributed by atoms with Crippen LogP contribution in [-0.4, -0.2) is 37.6 Å². The van der Waals surface area contributed by atoms with Crippen molar-refractivity contribution in [3.05, 3.63) is 29.8 Å². The molecule has 1 fully saturated rings. The fourth-order valence-corrected chi connectivity index (χ4v) is 2.25. The van der Waals surface area contributed by atoms with Gasteiger partial charge < -0.3 is 19.9 Å². The van der Waals surface area contributed by atoms with Gasteiger partial charge in [0.15, 0.2) is 0 Å². The molecule has 0 bridgehead atoms. The number of aliphatic hydroxyl groups excluding tert-OH is 1. The van der Waals surface area contributed by atoms with Crippen LogP contribution in [0.4, 0.5) is 8.78 Å². The number of rotatable bonds is 7. The van der Waals surface area contributed by atoms with Crippen molar-refractivity contribution in [2.75, 3.05) is 19.8 Å². The van der Waals surface area contributed by atoms with E-state index in [1.165, 1.54) is 12.1 Å². The largest absolute Gasteiger partial charge is 0.435 e. The Morgan fingerprint density at radius 3 is 2.65 bits per heavy atom. The molecule has 6 heteroatoms. The zero-order valence-corrected chi connectivity index (χ0v) is 11.1. The van der Waals surface area contributed by atoms with Gasteiger partial charge in [0.05, 0.1) is 18.8 Å². The molecule has 1 heterocycles. The van der Waals surface area contributed by atoms with Crippen LogP contribution in [0.3, 0.4) is 0 Å². The summed E-state index contributed by atoms with van der Waals surface area (Å²) in [7, 11) is 0. The topological polar surface area (TPSA) is 50.7 Å². The summed E-state index contributed by atoms with van der Waals surface area (Å²) in [5.41, 5.74) is 0.826. The Morgan fingerprint density at radius 2 is 2.10 bits per heavy atom. The van der Waals surface area contributed by atoms with Gasteiger partial charge in [0.1, 0.15) is 5.75 Å². The molecule has 2 N–H and O–H groups in total. The van der Waals surface area contributed by atoms with Crippen LogP contribution >= 0.6 is 0 Å².